The molecule has 1 saturated heterocycles. The van der Waals surface area contributed by atoms with E-state index < -0.39 is 17.6 Å². The molecular formula is C24H21F4N3O2S. The van der Waals surface area contributed by atoms with E-state index in [0.29, 0.717) is 52.6 Å². The Morgan fingerprint density at radius 2 is 1.65 bits per heavy atom. The Morgan fingerprint density at radius 3 is 2.24 bits per heavy atom. The maximum absolute atomic E-state index is 13.1. The number of carbonyl (C=O) groups excluding carboxylic acids is 2. The molecular weight excluding hydrogens is 470 g/mol. The number of carbonyl (C=O) groups is 2. The fraction of sp³-hybridized carbons (Fsp3) is 0.292. The van der Waals surface area contributed by atoms with Crippen molar-refractivity contribution in [2.24, 2.45) is 0 Å². The average molecular weight is 492 g/mol. The van der Waals surface area contributed by atoms with Gasteiger partial charge in [0.25, 0.3) is 11.8 Å². The summed E-state index contributed by atoms with van der Waals surface area (Å²) in [6, 6.07) is 9.90. The number of benzene rings is 2. The first-order valence-corrected chi connectivity index (χ1v) is 11.4. The Morgan fingerprint density at radius 1 is 1.03 bits per heavy atom. The number of nitrogens with one attached hydrogen (secondary N) is 1. The fourth-order valence-corrected chi connectivity index (χ4v) is 4.80. The van der Waals surface area contributed by atoms with Crippen LogP contribution in [-0.4, -0.2) is 40.8 Å². The van der Waals surface area contributed by atoms with Crippen molar-refractivity contribution < 1.29 is 27.2 Å². The van der Waals surface area contributed by atoms with Gasteiger partial charge in [0, 0.05) is 30.3 Å². The van der Waals surface area contributed by atoms with Crippen molar-refractivity contribution in [3.05, 3.63) is 76.0 Å². The monoisotopic (exact) mass is 491 g/mol. The summed E-state index contributed by atoms with van der Waals surface area (Å²) in [6.45, 7) is 2.59. The van der Waals surface area contributed by atoms with Crippen LogP contribution in [0.5, 0.6) is 0 Å². The lowest BCUT2D eigenvalue weighted by Gasteiger charge is -2.32. The van der Waals surface area contributed by atoms with E-state index in [0.717, 1.165) is 23.5 Å². The van der Waals surface area contributed by atoms with Crippen LogP contribution < -0.4 is 5.32 Å². The number of hydrogen-bond donors (Lipinski definition) is 1. The quantitative estimate of drug-likeness (QED) is 0.503. The number of amides is 2. The van der Waals surface area contributed by atoms with Gasteiger partial charge in [-0.05, 0) is 56.2 Å². The number of rotatable bonds is 4. The molecule has 5 nitrogen and oxygen atoms in total. The van der Waals surface area contributed by atoms with Crippen LogP contribution in [0.3, 0.4) is 0 Å². The Bertz CT molecular complexity index is 1180. The number of halogens is 4. The van der Waals surface area contributed by atoms with Crippen LogP contribution in [0.2, 0.25) is 0 Å². The highest BCUT2D eigenvalue weighted by Crippen LogP contribution is 2.33. The molecule has 0 bridgehead atoms. The molecule has 34 heavy (non-hydrogen) atoms. The molecule has 0 spiro atoms. The van der Waals surface area contributed by atoms with Crippen molar-refractivity contribution in [1.29, 1.82) is 0 Å². The van der Waals surface area contributed by atoms with Crippen LogP contribution in [0.25, 0.3) is 10.6 Å². The van der Waals surface area contributed by atoms with Crippen LogP contribution >= 0.6 is 11.3 Å². The minimum atomic E-state index is -4.41. The highest BCUT2D eigenvalue weighted by atomic mass is 32.1. The fourth-order valence-electron chi connectivity index (χ4n) is 3.76. The average Bonchev–Trinajstić information content (AvgIpc) is 3.20. The van der Waals surface area contributed by atoms with Crippen molar-refractivity contribution in [1.82, 2.24) is 15.2 Å². The lowest BCUT2D eigenvalue weighted by molar-refractivity contribution is -0.137. The maximum Gasteiger partial charge on any atom is 0.416 e. The van der Waals surface area contributed by atoms with Crippen molar-refractivity contribution in [2.45, 2.75) is 32.0 Å². The van der Waals surface area contributed by atoms with Crippen molar-refractivity contribution in [3.8, 4) is 10.6 Å². The Balaban J connectivity index is 1.37. The molecule has 0 aliphatic carbocycles. The largest absolute Gasteiger partial charge is 0.416 e. The van der Waals surface area contributed by atoms with Gasteiger partial charge in [-0.15, -0.1) is 11.3 Å². The van der Waals surface area contributed by atoms with Gasteiger partial charge in [0.15, 0.2) is 0 Å². The van der Waals surface area contributed by atoms with Gasteiger partial charge in [-0.25, -0.2) is 9.37 Å². The van der Waals surface area contributed by atoms with Gasteiger partial charge < -0.3 is 10.2 Å². The Hall–Kier alpha value is -3.27. The normalized spacial score (nSPS) is 14.8. The molecule has 2 heterocycles. The van der Waals surface area contributed by atoms with Gasteiger partial charge in [0.05, 0.1) is 11.3 Å². The summed E-state index contributed by atoms with van der Waals surface area (Å²) in [4.78, 5) is 31.9. The highest BCUT2D eigenvalue weighted by molar-refractivity contribution is 7.17. The zero-order chi connectivity index (χ0) is 24.5. The first-order valence-electron chi connectivity index (χ1n) is 10.6. The predicted molar refractivity (Wildman–Crippen MR) is 120 cm³/mol. The second-order valence-corrected chi connectivity index (χ2v) is 9.05. The summed E-state index contributed by atoms with van der Waals surface area (Å²) in [5.74, 6) is -0.885. The SMILES string of the molecule is Cc1nc(-c2ccc(C(F)(F)F)cc2)sc1C(=O)N1CCC(NC(=O)c2ccc(F)cc2)CC1. The van der Waals surface area contributed by atoms with Crippen molar-refractivity contribution in [2.75, 3.05) is 13.1 Å². The minimum absolute atomic E-state index is 0.105. The number of hydrogen-bond acceptors (Lipinski definition) is 4. The topological polar surface area (TPSA) is 62.3 Å². The number of thiazole rings is 1. The summed E-state index contributed by atoms with van der Waals surface area (Å²) in [6.07, 6.45) is -3.27. The second-order valence-electron chi connectivity index (χ2n) is 8.06. The summed E-state index contributed by atoms with van der Waals surface area (Å²) >= 11 is 1.15. The second kappa shape index (κ2) is 9.54. The van der Waals surface area contributed by atoms with Crippen LogP contribution in [0, 0.1) is 12.7 Å². The summed E-state index contributed by atoms with van der Waals surface area (Å²) in [5, 5.41) is 3.40. The standard InChI is InChI=1S/C24H21F4N3O2S/c1-14-20(34-22(29-14)16-2-6-17(7-3-16)24(26,27)28)23(33)31-12-10-19(11-13-31)30-21(32)15-4-8-18(25)9-5-15/h2-9,19H,10-13H2,1H3,(H,30,32). The molecule has 4 rings (SSSR count). The molecule has 2 amide bonds. The first-order chi connectivity index (χ1) is 16.1. The maximum atomic E-state index is 13.1. The number of alkyl halides is 3. The molecule has 0 unspecified atom stereocenters. The summed E-state index contributed by atoms with van der Waals surface area (Å²) in [7, 11) is 0. The minimum Gasteiger partial charge on any atom is -0.349 e. The molecule has 1 fully saturated rings. The number of nitrogens with zero attached hydrogens (tertiary/aromatic N) is 2. The van der Waals surface area contributed by atoms with Crippen LogP contribution in [-0.2, 0) is 6.18 Å². The van der Waals surface area contributed by atoms with Gasteiger partial charge in [0.2, 0.25) is 0 Å². The molecule has 1 aliphatic heterocycles. The lowest BCUT2D eigenvalue weighted by Crippen LogP contribution is -2.46. The van der Waals surface area contributed by atoms with Crippen LogP contribution in [0.4, 0.5) is 17.6 Å². The van der Waals surface area contributed by atoms with E-state index in [-0.39, 0.29) is 17.9 Å². The van der Waals surface area contributed by atoms with E-state index in [9.17, 15) is 27.2 Å². The highest BCUT2D eigenvalue weighted by Gasteiger charge is 2.31. The van der Waals surface area contributed by atoms with Crippen LogP contribution in [0.15, 0.2) is 48.5 Å². The smallest absolute Gasteiger partial charge is 0.349 e. The zero-order valence-corrected chi connectivity index (χ0v) is 19.0. The van der Waals surface area contributed by atoms with Crippen molar-refractivity contribution >= 4 is 23.2 Å². The molecule has 1 aromatic heterocycles. The van der Waals surface area contributed by atoms with Gasteiger partial charge in [-0.2, -0.15) is 13.2 Å². The lowest BCUT2D eigenvalue weighted by atomic mass is 10.0. The third-order valence-electron chi connectivity index (χ3n) is 5.67. The van der Waals surface area contributed by atoms with Gasteiger partial charge in [0.1, 0.15) is 15.7 Å². The van der Waals surface area contributed by atoms with E-state index in [1.165, 1.54) is 36.4 Å². The molecule has 1 aliphatic rings. The third-order valence-corrected chi connectivity index (χ3v) is 6.87. The molecule has 10 heteroatoms. The van der Waals surface area contributed by atoms with E-state index >= 15 is 0 Å². The van der Waals surface area contributed by atoms with Gasteiger partial charge in [-0.1, -0.05) is 12.1 Å². The molecule has 0 radical (unpaired) electrons. The molecule has 1 N–H and O–H groups in total. The number of likely N-dealkylation sites (tertiary alicyclic amines) is 1. The van der Waals surface area contributed by atoms with E-state index in [4.69, 9.17) is 0 Å². The molecule has 2 aromatic carbocycles. The van der Waals surface area contributed by atoms with E-state index in [2.05, 4.69) is 10.3 Å². The zero-order valence-electron chi connectivity index (χ0n) is 18.2. The van der Waals surface area contributed by atoms with Crippen molar-refractivity contribution in [3.63, 3.8) is 0 Å². The molecule has 3 aromatic rings. The van der Waals surface area contributed by atoms with Gasteiger partial charge in [-0.3, -0.25) is 9.59 Å². The Kier molecular flexibility index (Phi) is 6.70. The molecule has 0 saturated carbocycles. The first kappa shape index (κ1) is 23.9. The molecule has 178 valence electrons. The predicted octanol–water partition coefficient (Wildman–Crippen LogP) is 5.31. The molecule has 0 atom stereocenters. The summed E-state index contributed by atoms with van der Waals surface area (Å²) in [5.41, 5.74) is 0.671. The van der Waals surface area contributed by atoms with E-state index in [1.807, 2.05) is 0 Å². The number of aryl methyl sites for hydroxylation is 1. The third kappa shape index (κ3) is 5.27. The van der Waals surface area contributed by atoms with Gasteiger partial charge >= 0.3 is 6.18 Å². The van der Waals surface area contributed by atoms with E-state index in [1.54, 1.807) is 11.8 Å². The summed E-state index contributed by atoms with van der Waals surface area (Å²) < 4.78 is 51.4. The van der Waals surface area contributed by atoms with Crippen LogP contribution in [0.1, 0.15) is 44.1 Å². The Labute approximate surface area is 197 Å². The number of piperidine rings is 1. The number of aromatic nitrogens is 1.